The third-order valence-corrected chi connectivity index (χ3v) is 5.37. The number of H-pyrrole nitrogens is 1. The summed E-state index contributed by atoms with van der Waals surface area (Å²) in [6.07, 6.45) is 4.12. The number of benzene rings is 1. The molecule has 4 nitrogen and oxygen atoms in total. The lowest BCUT2D eigenvalue weighted by molar-refractivity contribution is 0.200. The number of piperidine rings is 1. The fourth-order valence-corrected chi connectivity index (χ4v) is 3.79. The number of aromatic nitrogens is 3. The van der Waals surface area contributed by atoms with Crippen LogP contribution in [0.1, 0.15) is 36.0 Å². The van der Waals surface area contributed by atoms with Gasteiger partial charge in [0.15, 0.2) is 0 Å². The largest absolute Gasteiger partial charge is 0.342 e. The molecule has 0 aliphatic carbocycles. The molecule has 134 valence electrons. The van der Waals surface area contributed by atoms with Crippen molar-refractivity contribution in [2.45, 2.75) is 32.2 Å². The summed E-state index contributed by atoms with van der Waals surface area (Å²) >= 11 is 6.00. The molecular formula is C21H23ClN4. The average molecular weight is 367 g/mol. The Morgan fingerprint density at radius 3 is 2.58 bits per heavy atom. The summed E-state index contributed by atoms with van der Waals surface area (Å²) in [6, 6.07) is 14.1. The van der Waals surface area contributed by atoms with Crippen molar-refractivity contribution in [2.24, 2.45) is 0 Å². The molecule has 1 fully saturated rings. The van der Waals surface area contributed by atoms with Gasteiger partial charge in [0, 0.05) is 23.7 Å². The first-order chi connectivity index (χ1) is 12.7. The van der Waals surface area contributed by atoms with E-state index < -0.39 is 0 Å². The predicted molar refractivity (Wildman–Crippen MR) is 105 cm³/mol. The summed E-state index contributed by atoms with van der Waals surface area (Å²) in [4.78, 5) is 15.3. The maximum atomic E-state index is 6.00. The van der Waals surface area contributed by atoms with Crippen molar-refractivity contribution < 1.29 is 0 Å². The monoisotopic (exact) mass is 366 g/mol. The Hall–Kier alpha value is -2.17. The molecule has 0 atom stereocenters. The number of aryl methyl sites for hydroxylation is 1. The molecule has 0 radical (unpaired) electrons. The van der Waals surface area contributed by atoms with Crippen LogP contribution in [0, 0.1) is 6.92 Å². The second-order valence-corrected chi connectivity index (χ2v) is 7.40. The topological polar surface area (TPSA) is 44.8 Å². The maximum absolute atomic E-state index is 6.00. The van der Waals surface area contributed by atoms with Gasteiger partial charge in [0.2, 0.25) is 0 Å². The lowest BCUT2D eigenvalue weighted by atomic mass is 9.96. The highest BCUT2D eigenvalue weighted by atomic mass is 35.5. The van der Waals surface area contributed by atoms with Crippen molar-refractivity contribution in [3.63, 3.8) is 0 Å². The Balaban J connectivity index is 1.42. The van der Waals surface area contributed by atoms with Gasteiger partial charge in [0.05, 0.1) is 17.1 Å². The average Bonchev–Trinajstić information content (AvgIpc) is 3.06. The number of hydrogen-bond donors (Lipinski definition) is 1. The van der Waals surface area contributed by atoms with Crippen LogP contribution in [0.2, 0.25) is 5.02 Å². The van der Waals surface area contributed by atoms with Gasteiger partial charge >= 0.3 is 0 Å². The first-order valence-corrected chi connectivity index (χ1v) is 9.51. The Bertz CT molecular complexity index is 849. The molecule has 1 saturated heterocycles. The number of likely N-dealkylation sites (tertiary alicyclic amines) is 1. The molecule has 5 heteroatoms. The Morgan fingerprint density at radius 2 is 1.88 bits per heavy atom. The summed E-state index contributed by atoms with van der Waals surface area (Å²) in [5, 5.41) is 0.756. The van der Waals surface area contributed by atoms with Crippen LogP contribution >= 0.6 is 11.6 Å². The van der Waals surface area contributed by atoms with E-state index in [1.807, 2.05) is 36.5 Å². The van der Waals surface area contributed by atoms with Crippen LogP contribution in [0.4, 0.5) is 0 Å². The highest BCUT2D eigenvalue weighted by Crippen LogP contribution is 2.30. The number of nitrogens with zero attached hydrogens (tertiary/aromatic N) is 3. The second-order valence-electron chi connectivity index (χ2n) is 6.96. The van der Waals surface area contributed by atoms with E-state index in [9.17, 15) is 0 Å². The molecule has 3 aromatic rings. The van der Waals surface area contributed by atoms with Crippen molar-refractivity contribution in [3.05, 3.63) is 70.9 Å². The van der Waals surface area contributed by atoms with Gasteiger partial charge < -0.3 is 4.98 Å². The number of halogens is 1. The molecule has 1 aliphatic rings. The minimum Gasteiger partial charge on any atom is -0.342 e. The molecule has 0 bridgehead atoms. The molecule has 3 heterocycles. The van der Waals surface area contributed by atoms with Crippen molar-refractivity contribution >= 4 is 11.6 Å². The SMILES string of the molecule is Cc1nc(C2CCN(Cc3ccccn3)CC2)[nH]c1-c1ccc(Cl)cc1. The highest BCUT2D eigenvalue weighted by molar-refractivity contribution is 6.30. The van der Waals surface area contributed by atoms with E-state index in [0.717, 1.165) is 66.0 Å². The highest BCUT2D eigenvalue weighted by Gasteiger charge is 2.24. The smallest absolute Gasteiger partial charge is 0.110 e. The van der Waals surface area contributed by atoms with Crippen LogP contribution in [0.15, 0.2) is 48.7 Å². The summed E-state index contributed by atoms with van der Waals surface area (Å²) in [6.45, 7) is 5.16. The molecule has 0 unspecified atom stereocenters. The summed E-state index contributed by atoms with van der Waals surface area (Å²) in [5.41, 5.74) is 4.44. The lowest BCUT2D eigenvalue weighted by Gasteiger charge is -2.30. The first-order valence-electron chi connectivity index (χ1n) is 9.14. The van der Waals surface area contributed by atoms with Crippen LogP contribution in [-0.4, -0.2) is 32.9 Å². The molecule has 4 rings (SSSR count). The fraction of sp³-hybridized carbons (Fsp3) is 0.333. The molecule has 2 aromatic heterocycles. The number of hydrogen-bond acceptors (Lipinski definition) is 3. The Labute approximate surface area is 159 Å². The van der Waals surface area contributed by atoms with E-state index in [1.54, 1.807) is 0 Å². The lowest BCUT2D eigenvalue weighted by Crippen LogP contribution is -2.33. The van der Waals surface area contributed by atoms with E-state index >= 15 is 0 Å². The predicted octanol–water partition coefficient (Wildman–Crippen LogP) is 4.81. The zero-order valence-corrected chi connectivity index (χ0v) is 15.7. The zero-order chi connectivity index (χ0) is 17.9. The van der Waals surface area contributed by atoms with E-state index in [-0.39, 0.29) is 0 Å². The molecule has 0 spiro atoms. The quantitative estimate of drug-likeness (QED) is 0.720. The molecule has 0 amide bonds. The first kappa shape index (κ1) is 17.3. The summed E-state index contributed by atoms with van der Waals surface area (Å²) < 4.78 is 0. The maximum Gasteiger partial charge on any atom is 0.110 e. The van der Waals surface area contributed by atoms with Gasteiger partial charge in [-0.1, -0.05) is 29.8 Å². The van der Waals surface area contributed by atoms with Gasteiger partial charge in [-0.2, -0.15) is 0 Å². The van der Waals surface area contributed by atoms with Crippen molar-refractivity contribution in [1.82, 2.24) is 19.9 Å². The normalized spacial score (nSPS) is 16.1. The molecular weight excluding hydrogens is 344 g/mol. The number of rotatable bonds is 4. The fourth-order valence-electron chi connectivity index (χ4n) is 3.66. The molecule has 1 aromatic carbocycles. The number of pyridine rings is 1. The van der Waals surface area contributed by atoms with Crippen molar-refractivity contribution in [3.8, 4) is 11.3 Å². The van der Waals surface area contributed by atoms with Crippen molar-refractivity contribution in [1.29, 1.82) is 0 Å². The van der Waals surface area contributed by atoms with E-state index in [0.29, 0.717) is 5.92 Å². The minimum atomic E-state index is 0.495. The number of imidazole rings is 1. The number of nitrogens with one attached hydrogen (secondary N) is 1. The Kier molecular flexibility index (Phi) is 5.05. The molecule has 0 saturated carbocycles. The van der Waals surface area contributed by atoms with Crippen LogP contribution < -0.4 is 0 Å². The molecule has 26 heavy (non-hydrogen) atoms. The summed E-state index contributed by atoms with van der Waals surface area (Å²) in [5.74, 6) is 1.61. The third-order valence-electron chi connectivity index (χ3n) is 5.12. The standard InChI is InChI=1S/C21H23ClN4/c1-15-20(16-5-7-18(22)8-6-16)25-21(24-15)17-9-12-26(13-10-17)14-19-4-2-3-11-23-19/h2-8,11,17H,9-10,12-14H2,1H3,(H,24,25). The van der Waals surface area contributed by atoms with E-state index in [2.05, 4.69) is 33.9 Å². The van der Waals surface area contributed by atoms with E-state index in [4.69, 9.17) is 16.6 Å². The zero-order valence-electron chi connectivity index (χ0n) is 15.0. The third kappa shape index (κ3) is 3.81. The van der Waals surface area contributed by atoms with E-state index in [1.165, 1.54) is 0 Å². The van der Waals surface area contributed by atoms with Gasteiger partial charge in [-0.3, -0.25) is 9.88 Å². The van der Waals surface area contributed by atoms with Gasteiger partial charge in [0.25, 0.3) is 0 Å². The van der Waals surface area contributed by atoms with Crippen LogP contribution in [0.5, 0.6) is 0 Å². The van der Waals surface area contributed by atoms with Crippen molar-refractivity contribution in [2.75, 3.05) is 13.1 Å². The van der Waals surface area contributed by atoms with Gasteiger partial charge in [-0.25, -0.2) is 4.98 Å². The van der Waals surface area contributed by atoms with Gasteiger partial charge in [-0.15, -0.1) is 0 Å². The second kappa shape index (κ2) is 7.60. The Morgan fingerprint density at radius 1 is 1.12 bits per heavy atom. The summed E-state index contributed by atoms with van der Waals surface area (Å²) in [7, 11) is 0. The van der Waals surface area contributed by atoms with Gasteiger partial charge in [0.1, 0.15) is 5.82 Å². The van der Waals surface area contributed by atoms with Crippen LogP contribution in [-0.2, 0) is 6.54 Å². The van der Waals surface area contributed by atoms with Crippen LogP contribution in [0.3, 0.4) is 0 Å². The number of aromatic amines is 1. The van der Waals surface area contributed by atoms with Crippen LogP contribution in [0.25, 0.3) is 11.3 Å². The van der Waals surface area contributed by atoms with Gasteiger partial charge in [-0.05, 0) is 62.7 Å². The minimum absolute atomic E-state index is 0.495. The molecule has 1 N–H and O–H groups in total. The molecule has 1 aliphatic heterocycles.